The molecule has 0 aromatic heterocycles. The second-order valence-electron chi connectivity index (χ2n) is 5.41. The Morgan fingerprint density at radius 3 is 1.23 bits per heavy atom. The summed E-state index contributed by atoms with van der Waals surface area (Å²) in [6, 6.07) is 26.0. The van der Waals surface area contributed by atoms with E-state index in [4.69, 9.17) is 0 Å². The summed E-state index contributed by atoms with van der Waals surface area (Å²) in [6.45, 7) is 0. The van der Waals surface area contributed by atoms with Crippen LogP contribution >= 0.6 is 31.9 Å². The summed E-state index contributed by atoms with van der Waals surface area (Å²) in [4.78, 5) is 0. The fourth-order valence-electron chi connectivity index (χ4n) is 2.79. The first-order valence-corrected chi connectivity index (χ1v) is 8.67. The van der Waals surface area contributed by atoms with Crippen molar-refractivity contribution in [1.82, 2.24) is 0 Å². The van der Waals surface area contributed by atoms with Gasteiger partial charge in [0.15, 0.2) is 0 Å². The van der Waals surface area contributed by atoms with Gasteiger partial charge in [0, 0.05) is 8.95 Å². The van der Waals surface area contributed by atoms with Gasteiger partial charge < -0.3 is 0 Å². The van der Waals surface area contributed by atoms with Crippen LogP contribution in [-0.4, -0.2) is 0 Å². The number of rotatable bonds is 1. The van der Waals surface area contributed by atoms with Crippen LogP contribution in [0.2, 0.25) is 0 Å². The highest BCUT2D eigenvalue weighted by Gasteiger charge is 2.02. The highest BCUT2D eigenvalue weighted by Crippen LogP contribution is 2.29. The average molecular weight is 412 g/mol. The minimum absolute atomic E-state index is 1.11. The topological polar surface area (TPSA) is 0 Å². The number of halogens is 2. The molecular weight excluding hydrogens is 400 g/mol. The third-order valence-corrected chi connectivity index (χ3v) is 4.92. The lowest BCUT2D eigenvalue weighted by Crippen LogP contribution is -1.81. The molecule has 0 fully saturated rings. The van der Waals surface area contributed by atoms with Crippen LogP contribution < -0.4 is 0 Å². The Hall–Kier alpha value is -1.64. The molecular formula is C20H12Br2. The number of hydrogen-bond donors (Lipinski definition) is 0. The molecule has 0 spiro atoms. The van der Waals surface area contributed by atoms with Crippen LogP contribution in [0.4, 0.5) is 0 Å². The van der Waals surface area contributed by atoms with Crippen molar-refractivity contribution in [1.29, 1.82) is 0 Å². The molecule has 106 valence electrons. The maximum atomic E-state index is 3.52. The molecule has 0 heterocycles. The largest absolute Gasteiger partial charge is 0.0537 e. The highest BCUT2D eigenvalue weighted by atomic mass is 79.9. The van der Waals surface area contributed by atoms with Crippen molar-refractivity contribution in [2.24, 2.45) is 0 Å². The van der Waals surface area contributed by atoms with E-state index in [0.29, 0.717) is 0 Å². The van der Waals surface area contributed by atoms with Crippen molar-refractivity contribution < 1.29 is 0 Å². The van der Waals surface area contributed by atoms with Gasteiger partial charge >= 0.3 is 0 Å². The van der Waals surface area contributed by atoms with Crippen LogP contribution in [0, 0.1) is 0 Å². The van der Waals surface area contributed by atoms with Gasteiger partial charge in [-0.25, -0.2) is 0 Å². The van der Waals surface area contributed by atoms with Crippen molar-refractivity contribution in [3.63, 3.8) is 0 Å². The Labute approximate surface area is 146 Å². The molecule has 0 saturated heterocycles. The summed E-state index contributed by atoms with van der Waals surface area (Å²) < 4.78 is 2.23. The van der Waals surface area contributed by atoms with Crippen LogP contribution in [0.25, 0.3) is 32.7 Å². The first kappa shape index (κ1) is 14.0. The van der Waals surface area contributed by atoms with Crippen LogP contribution in [0.1, 0.15) is 0 Å². The monoisotopic (exact) mass is 410 g/mol. The summed E-state index contributed by atoms with van der Waals surface area (Å²) >= 11 is 7.05. The van der Waals surface area contributed by atoms with E-state index in [-0.39, 0.29) is 0 Å². The van der Waals surface area contributed by atoms with E-state index in [1.54, 1.807) is 0 Å². The van der Waals surface area contributed by atoms with Gasteiger partial charge in [0.25, 0.3) is 0 Å². The van der Waals surface area contributed by atoms with Crippen molar-refractivity contribution in [3.8, 4) is 11.1 Å². The Balaban J connectivity index is 1.87. The van der Waals surface area contributed by atoms with Crippen LogP contribution in [0.3, 0.4) is 0 Å². The molecule has 4 rings (SSSR count). The summed E-state index contributed by atoms with van der Waals surface area (Å²) in [5, 5.41) is 5.03. The normalized spacial score (nSPS) is 11.2. The lowest BCUT2D eigenvalue weighted by Gasteiger charge is -2.07. The molecule has 0 saturated carbocycles. The molecule has 0 aliphatic carbocycles. The summed E-state index contributed by atoms with van der Waals surface area (Å²) in [7, 11) is 0. The van der Waals surface area contributed by atoms with Crippen molar-refractivity contribution in [2.45, 2.75) is 0 Å². The smallest absolute Gasteiger partial charge is 0.0181 e. The van der Waals surface area contributed by atoms with Gasteiger partial charge in [-0.05, 0) is 69.1 Å². The molecule has 0 amide bonds. The van der Waals surface area contributed by atoms with E-state index >= 15 is 0 Å². The quantitative estimate of drug-likeness (QED) is 0.311. The lowest BCUT2D eigenvalue weighted by atomic mass is 9.99. The number of benzene rings is 4. The van der Waals surface area contributed by atoms with Gasteiger partial charge in [-0.1, -0.05) is 68.3 Å². The zero-order chi connectivity index (χ0) is 15.1. The van der Waals surface area contributed by atoms with E-state index in [0.717, 1.165) is 8.95 Å². The van der Waals surface area contributed by atoms with Gasteiger partial charge in [-0.15, -0.1) is 0 Å². The van der Waals surface area contributed by atoms with Gasteiger partial charge in [0.05, 0.1) is 0 Å². The van der Waals surface area contributed by atoms with E-state index in [2.05, 4.69) is 105 Å². The van der Waals surface area contributed by atoms with Crippen molar-refractivity contribution in [3.05, 3.63) is 81.7 Å². The first-order chi connectivity index (χ1) is 10.7. The molecule has 22 heavy (non-hydrogen) atoms. The number of hydrogen-bond acceptors (Lipinski definition) is 0. The fourth-order valence-corrected chi connectivity index (χ4v) is 3.55. The van der Waals surface area contributed by atoms with E-state index in [9.17, 15) is 0 Å². The molecule has 4 aromatic rings. The molecule has 0 aliphatic heterocycles. The predicted octanol–water partition coefficient (Wildman–Crippen LogP) is 7.19. The molecule has 0 unspecified atom stereocenters. The van der Waals surface area contributed by atoms with Crippen molar-refractivity contribution in [2.75, 3.05) is 0 Å². The molecule has 0 atom stereocenters. The minimum Gasteiger partial charge on any atom is -0.0537 e. The molecule has 0 radical (unpaired) electrons. The number of fused-ring (bicyclic) bond motifs is 2. The zero-order valence-corrected chi connectivity index (χ0v) is 14.9. The SMILES string of the molecule is Brc1ccc2cc(-c3ccc4cc(Br)ccc4c3)ccc2c1. The van der Waals surface area contributed by atoms with Gasteiger partial charge in [-0.3, -0.25) is 0 Å². The average Bonchev–Trinajstić information content (AvgIpc) is 2.54. The third-order valence-electron chi connectivity index (χ3n) is 3.94. The van der Waals surface area contributed by atoms with E-state index < -0.39 is 0 Å². The maximum Gasteiger partial charge on any atom is 0.0181 e. The zero-order valence-electron chi connectivity index (χ0n) is 11.7. The third kappa shape index (κ3) is 2.57. The summed E-state index contributed by atoms with van der Waals surface area (Å²) in [6.07, 6.45) is 0. The molecule has 0 bridgehead atoms. The summed E-state index contributed by atoms with van der Waals surface area (Å²) in [5.41, 5.74) is 2.50. The van der Waals surface area contributed by atoms with Crippen LogP contribution in [0.5, 0.6) is 0 Å². The van der Waals surface area contributed by atoms with E-state index in [1.165, 1.54) is 32.7 Å². The molecule has 0 aliphatic rings. The molecule has 0 N–H and O–H groups in total. The Morgan fingerprint density at radius 2 is 0.773 bits per heavy atom. The minimum atomic E-state index is 1.11. The van der Waals surface area contributed by atoms with Crippen LogP contribution in [-0.2, 0) is 0 Å². The molecule has 0 nitrogen and oxygen atoms in total. The van der Waals surface area contributed by atoms with Gasteiger partial charge in [0.1, 0.15) is 0 Å². The highest BCUT2D eigenvalue weighted by molar-refractivity contribution is 9.10. The van der Waals surface area contributed by atoms with E-state index in [1.807, 2.05) is 0 Å². The molecule has 2 heteroatoms. The second-order valence-corrected chi connectivity index (χ2v) is 7.24. The van der Waals surface area contributed by atoms with Crippen molar-refractivity contribution >= 4 is 53.4 Å². The molecule has 4 aromatic carbocycles. The lowest BCUT2D eigenvalue weighted by molar-refractivity contribution is 1.65. The Morgan fingerprint density at radius 1 is 0.409 bits per heavy atom. The van der Waals surface area contributed by atoms with Crippen LogP contribution in [0.15, 0.2) is 81.7 Å². The fraction of sp³-hybridized carbons (Fsp3) is 0. The first-order valence-electron chi connectivity index (χ1n) is 7.08. The van der Waals surface area contributed by atoms with Gasteiger partial charge in [0.2, 0.25) is 0 Å². The standard InChI is InChI=1S/C20H12Br2/c21-19-7-5-15-9-13(1-3-17(15)11-19)14-2-4-18-12-20(22)8-6-16(18)10-14/h1-12H. The second kappa shape index (κ2) is 5.53. The Bertz CT molecular complexity index is 920. The maximum absolute atomic E-state index is 3.52. The van der Waals surface area contributed by atoms with Gasteiger partial charge in [-0.2, -0.15) is 0 Å². The summed E-state index contributed by atoms with van der Waals surface area (Å²) in [5.74, 6) is 0. The Kier molecular flexibility index (Phi) is 3.51. The predicted molar refractivity (Wildman–Crippen MR) is 102 cm³/mol.